The van der Waals surface area contributed by atoms with E-state index in [0.29, 0.717) is 25.9 Å². The highest BCUT2D eigenvalue weighted by molar-refractivity contribution is 5.83. The van der Waals surface area contributed by atoms with Crippen LogP contribution in [0.5, 0.6) is 0 Å². The summed E-state index contributed by atoms with van der Waals surface area (Å²) in [5, 5.41) is 0. The molecule has 0 saturated carbocycles. The molecule has 2 fully saturated rings. The number of likely N-dealkylation sites (tertiary alicyclic amines) is 2. The van der Waals surface area contributed by atoms with Crippen LogP contribution in [-0.2, 0) is 21.4 Å². The molecule has 184 valence electrons. The number of aromatic nitrogens is 2. The Kier molecular flexibility index (Phi) is 5.08. The molecule has 1 aromatic heterocycles. The lowest BCUT2D eigenvalue weighted by atomic mass is 9.51. The third-order valence-corrected chi connectivity index (χ3v) is 9.05. The summed E-state index contributed by atoms with van der Waals surface area (Å²) >= 11 is 0. The van der Waals surface area contributed by atoms with E-state index in [4.69, 9.17) is 4.98 Å². The number of hydrogen-bond acceptors (Lipinski definition) is 3. The van der Waals surface area contributed by atoms with Crippen molar-refractivity contribution in [3.63, 3.8) is 0 Å². The number of carbonyl (C=O) groups is 2. The molecular formula is C25H31F3N4O2. The summed E-state index contributed by atoms with van der Waals surface area (Å²) in [6, 6.07) is 3.60. The number of aromatic amines is 1. The Morgan fingerprint density at radius 1 is 1.12 bits per heavy atom. The van der Waals surface area contributed by atoms with Crippen molar-refractivity contribution in [2.75, 3.05) is 19.6 Å². The van der Waals surface area contributed by atoms with Gasteiger partial charge in [-0.15, -0.1) is 0 Å². The van der Waals surface area contributed by atoms with Crippen LogP contribution in [0.4, 0.5) is 13.2 Å². The number of H-pyrrole nitrogens is 1. The maximum atomic E-state index is 13.3. The van der Waals surface area contributed by atoms with Crippen LogP contribution >= 0.6 is 0 Å². The summed E-state index contributed by atoms with van der Waals surface area (Å²) in [4.78, 5) is 35.1. The molecule has 2 bridgehead atoms. The van der Waals surface area contributed by atoms with Gasteiger partial charge in [0, 0.05) is 43.9 Å². The van der Waals surface area contributed by atoms with Gasteiger partial charge in [0.05, 0.1) is 11.0 Å². The molecule has 2 saturated heterocycles. The fraction of sp³-hybridized carbons (Fsp3) is 0.640. The topological polar surface area (TPSA) is 69.3 Å². The minimum Gasteiger partial charge on any atom is -0.343 e. The number of carbonyl (C=O) groups excluding carboxylic acids is 2. The highest BCUT2D eigenvalue weighted by Crippen LogP contribution is 2.56. The molecule has 1 aliphatic carbocycles. The average Bonchev–Trinajstić information content (AvgIpc) is 3.17. The Labute approximate surface area is 196 Å². The molecule has 2 aromatic rings. The third kappa shape index (κ3) is 3.33. The fourth-order valence-corrected chi connectivity index (χ4v) is 6.50. The lowest BCUT2D eigenvalue weighted by molar-refractivity contribution is -0.195. The fourth-order valence-electron chi connectivity index (χ4n) is 6.50. The quantitative estimate of drug-likeness (QED) is 0.668. The lowest BCUT2D eigenvalue weighted by Crippen LogP contribution is -2.66. The number of rotatable bonds is 1. The van der Waals surface area contributed by atoms with Gasteiger partial charge >= 0.3 is 12.1 Å². The van der Waals surface area contributed by atoms with Gasteiger partial charge in [-0.3, -0.25) is 9.59 Å². The van der Waals surface area contributed by atoms with Gasteiger partial charge in [-0.25, -0.2) is 4.98 Å². The Morgan fingerprint density at radius 3 is 2.41 bits per heavy atom. The molecule has 0 radical (unpaired) electrons. The van der Waals surface area contributed by atoms with E-state index in [1.165, 1.54) is 0 Å². The van der Waals surface area contributed by atoms with E-state index in [9.17, 15) is 22.8 Å². The number of fused-ring (bicyclic) bond motifs is 5. The van der Waals surface area contributed by atoms with Crippen molar-refractivity contribution in [2.45, 2.75) is 76.9 Å². The van der Waals surface area contributed by atoms with Gasteiger partial charge in [0.15, 0.2) is 0 Å². The highest BCUT2D eigenvalue weighted by Gasteiger charge is 2.59. The van der Waals surface area contributed by atoms with E-state index >= 15 is 0 Å². The van der Waals surface area contributed by atoms with Crippen LogP contribution < -0.4 is 0 Å². The first-order chi connectivity index (χ1) is 15.8. The molecule has 3 aliphatic rings. The number of benzene rings is 1. The summed E-state index contributed by atoms with van der Waals surface area (Å²) in [7, 11) is 0. The predicted molar refractivity (Wildman–Crippen MR) is 121 cm³/mol. The predicted octanol–water partition coefficient (Wildman–Crippen LogP) is 4.29. The van der Waals surface area contributed by atoms with E-state index in [1.54, 1.807) is 6.92 Å². The molecule has 3 heterocycles. The monoisotopic (exact) mass is 476 g/mol. The van der Waals surface area contributed by atoms with E-state index in [0.717, 1.165) is 45.7 Å². The standard InChI is InChI=1S/C25H31F3N4O2/c1-14(33)31-8-5-15(6-9-31)21-29-18-11-16-12-20-23(2,3)24(4,17(16)13-19(18)30-21)7-10-32(20)22(34)25(26,27)28/h11,13,15,20H,5-10,12H2,1-4H3,(H,29,30)/t20-,24?/m1/s1. The second-order valence-corrected chi connectivity index (χ2v) is 10.9. The van der Waals surface area contributed by atoms with E-state index in [1.807, 2.05) is 24.8 Å². The molecule has 1 unspecified atom stereocenters. The van der Waals surface area contributed by atoms with Crippen LogP contribution in [0.3, 0.4) is 0 Å². The van der Waals surface area contributed by atoms with Crippen molar-refractivity contribution in [3.05, 3.63) is 29.1 Å². The summed E-state index contributed by atoms with van der Waals surface area (Å²) < 4.78 is 40.0. The number of piperidine rings is 2. The first kappa shape index (κ1) is 23.2. The molecule has 6 nitrogen and oxygen atoms in total. The zero-order valence-electron chi connectivity index (χ0n) is 20.1. The summed E-state index contributed by atoms with van der Waals surface area (Å²) in [6.45, 7) is 9.21. The molecular weight excluding hydrogens is 445 g/mol. The number of nitrogens with zero attached hydrogens (tertiary/aromatic N) is 3. The highest BCUT2D eigenvalue weighted by atomic mass is 19.4. The van der Waals surface area contributed by atoms with Crippen LogP contribution in [0.15, 0.2) is 12.1 Å². The molecule has 9 heteroatoms. The Balaban J connectivity index is 1.50. The van der Waals surface area contributed by atoms with E-state index in [-0.39, 0.29) is 23.8 Å². The first-order valence-corrected chi connectivity index (χ1v) is 12.0. The van der Waals surface area contributed by atoms with Crippen molar-refractivity contribution < 1.29 is 22.8 Å². The van der Waals surface area contributed by atoms with Gasteiger partial charge in [-0.05, 0) is 54.4 Å². The average molecular weight is 477 g/mol. The van der Waals surface area contributed by atoms with Crippen LogP contribution in [0.1, 0.15) is 69.8 Å². The molecule has 1 aromatic carbocycles. The van der Waals surface area contributed by atoms with Gasteiger partial charge in [0.2, 0.25) is 5.91 Å². The summed E-state index contributed by atoms with van der Waals surface area (Å²) in [5.41, 5.74) is 2.98. The maximum absolute atomic E-state index is 13.3. The molecule has 1 N–H and O–H groups in total. The van der Waals surface area contributed by atoms with Crippen molar-refractivity contribution in [1.29, 1.82) is 0 Å². The minimum absolute atomic E-state index is 0.0933. The molecule has 0 spiro atoms. The zero-order valence-corrected chi connectivity index (χ0v) is 20.1. The molecule has 2 aliphatic heterocycles. The smallest absolute Gasteiger partial charge is 0.343 e. The van der Waals surface area contributed by atoms with Crippen molar-refractivity contribution in [2.24, 2.45) is 5.41 Å². The normalized spacial score (nSPS) is 27.1. The lowest BCUT2D eigenvalue weighted by Gasteiger charge is -2.60. The number of halogens is 3. The van der Waals surface area contributed by atoms with Crippen LogP contribution in [0, 0.1) is 5.41 Å². The van der Waals surface area contributed by atoms with Gasteiger partial charge in [-0.2, -0.15) is 13.2 Å². The molecule has 2 amide bonds. The van der Waals surface area contributed by atoms with Crippen molar-refractivity contribution in [3.8, 4) is 0 Å². The molecule has 34 heavy (non-hydrogen) atoms. The summed E-state index contributed by atoms with van der Waals surface area (Å²) in [5.74, 6) is -0.500. The number of alkyl halides is 3. The largest absolute Gasteiger partial charge is 0.471 e. The van der Waals surface area contributed by atoms with Gasteiger partial charge in [0.1, 0.15) is 5.82 Å². The second-order valence-electron chi connectivity index (χ2n) is 10.9. The Hall–Kier alpha value is -2.58. The number of amides is 2. The van der Waals surface area contributed by atoms with Crippen LogP contribution in [0.2, 0.25) is 0 Å². The van der Waals surface area contributed by atoms with Gasteiger partial charge in [0.25, 0.3) is 0 Å². The van der Waals surface area contributed by atoms with E-state index < -0.39 is 23.5 Å². The summed E-state index contributed by atoms with van der Waals surface area (Å²) in [6.07, 6.45) is -2.32. The zero-order chi connectivity index (χ0) is 24.6. The van der Waals surface area contributed by atoms with Gasteiger partial charge in [-0.1, -0.05) is 20.8 Å². The van der Waals surface area contributed by atoms with Crippen molar-refractivity contribution in [1.82, 2.24) is 19.8 Å². The SMILES string of the molecule is CC(=O)N1CCC(c2nc3cc4c(cc3[nH]2)C2(C)CCN(C(=O)C(F)(F)F)[C@H](C4)C2(C)C)CC1. The van der Waals surface area contributed by atoms with Crippen LogP contribution in [0.25, 0.3) is 11.0 Å². The minimum atomic E-state index is -4.87. The third-order valence-electron chi connectivity index (χ3n) is 9.05. The first-order valence-electron chi connectivity index (χ1n) is 12.0. The number of imidazole rings is 1. The Bertz CT molecular complexity index is 1160. The maximum Gasteiger partial charge on any atom is 0.471 e. The Morgan fingerprint density at radius 2 is 1.79 bits per heavy atom. The second kappa shape index (κ2) is 7.46. The van der Waals surface area contributed by atoms with Crippen LogP contribution in [-0.4, -0.2) is 63.4 Å². The van der Waals surface area contributed by atoms with E-state index in [2.05, 4.69) is 18.0 Å². The number of hydrogen-bond donors (Lipinski definition) is 1. The molecule has 2 atom stereocenters. The number of nitrogens with one attached hydrogen (secondary N) is 1. The van der Waals surface area contributed by atoms with Crippen molar-refractivity contribution >= 4 is 22.8 Å². The molecule has 5 rings (SSSR count). The van der Waals surface area contributed by atoms with Gasteiger partial charge < -0.3 is 14.8 Å².